The van der Waals surface area contributed by atoms with Crippen LogP contribution < -0.4 is 0 Å². The number of aliphatic hydroxyl groups is 1. The van der Waals surface area contributed by atoms with Crippen molar-refractivity contribution in [3.8, 4) is 0 Å². The van der Waals surface area contributed by atoms with Gasteiger partial charge in [-0.3, -0.25) is 14.4 Å². The minimum atomic E-state index is -4.36. The fraction of sp³-hybridized carbons (Fsp3) is 0.625. The molecule has 3 rings (SSSR count). The number of ether oxygens (including phenoxy) is 1. The van der Waals surface area contributed by atoms with Crippen molar-refractivity contribution in [2.24, 2.45) is 5.92 Å². The first-order valence-electron chi connectivity index (χ1n) is 11.8. The summed E-state index contributed by atoms with van der Waals surface area (Å²) in [6, 6.07) is 4.82. The van der Waals surface area contributed by atoms with E-state index in [0.29, 0.717) is 44.7 Å². The molecular weight excluding hydrogens is 463 g/mol. The molecule has 0 radical (unpaired) electrons. The molecule has 2 heterocycles. The summed E-state index contributed by atoms with van der Waals surface area (Å²) in [6.45, 7) is 5.85. The minimum Gasteiger partial charge on any atom is -0.394 e. The van der Waals surface area contributed by atoms with Crippen molar-refractivity contribution < 1.29 is 27.8 Å². The number of carbonyl (C=O) groups excluding carboxylic acids is 1. The van der Waals surface area contributed by atoms with Crippen molar-refractivity contribution >= 4 is 5.91 Å². The summed E-state index contributed by atoms with van der Waals surface area (Å²) in [5.74, 6) is -0.103. The molecule has 0 fully saturated rings. The number of likely N-dealkylation sites (N-methyl/N-ethyl adjacent to an activating group) is 1. The topological polar surface area (TPSA) is 83.7 Å². The molecule has 0 saturated carbocycles. The van der Waals surface area contributed by atoms with E-state index >= 15 is 0 Å². The zero-order valence-corrected chi connectivity index (χ0v) is 20.4. The van der Waals surface area contributed by atoms with Crippen LogP contribution in [0.5, 0.6) is 0 Å². The molecule has 1 N–H and O–H groups in total. The Morgan fingerprint density at radius 1 is 1.29 bits per heavy atom. The van der Waals surface area contributed by atoms with Gasteiger partial charge in [-0.1, -0.05) is 24.3 Å². The second-order valence-electron chi connectivity index (χ2n) is 9.37. The zero-order chi connectivity index (χ0) is 25.6. The Hall–Kier alpha value is -2.50. The number of hydrogen-bond acceptors (Lipinski definition) is 6. The first-order chi connectivity index (χ1) is 16.6. The summed E-state index contributed by atoms with van der Waals surface area (Å²) in [6.07, 6.45) is -1.89. The fourth-order valence-electron chi connectivity index (χ4n) is 4.18. The monoisotopic (exact) mass is 497 g/mol. The molecular formula is C24H34F3N5O3. The highest BCUT2D eigenvalue weighted by molar-refractivity contribution is 5.76. The molecule has 35 heavy (non-hydrogen) atoms. The lowest BCUT2D eigenvalue weighted by Crippen LogP contribution is -2.47. The van der Waals surface area contributed by atoms with Crippen molar-refractivity contribution in [1.29, 1.82) is 0 Å². The summed E-state index contributed by atoms with van der Waals surface area (Å²) in [4.78, 5) is 16.6. The van der Waals surface area contributed by atoms with E-state index in [0.717, 1.165) is 17.7 Å². The number of carbonyl (C=O) groups is 1. The molecule has 3 atom stereocenters. The number of amides is 1. The van der Waals surface area contributed by atoms with Gasteiger partial charge < -0.3 is 14.7 Å². The molecule has 1 aromatic carbocycles. The number of fused-ring (bicyclic) bond motifs is 2. The third-order valence-electron chi connectivity index (χ3n) is 6.27. The number of nitrogens with zero attached hydrogens (tertiary/aromatic N) is 5. The maximum absolute atomic E-state index is 12.9. The number of alkyl halides is 3. The van der Waals surface area contributed by atoms with Gasteiger partial charge in [-0.15, -0.1) is 5.10 Å². The van der Waals surface area contributed by atoms with E-state index in [2.05, 4.69) is 10.3 Å². The SMILES string of the molecule is C[C@H]1CN([C@@H](C)CO)C(=O)CCCn2cc(nn2)CO[C@@H]1CN(C)Cc1ccc(C(F)(F)F)cc1. The fourth-order valence-corrected chi connectivity index (χ4v) is 4.18. The second kappa shape index (κ2) is 12.0. The van der Waals surface area contributed by atoms with Crippen LogP contribution in [0.1, 0.15) is 43.5 Å². The Balaban J connectivity index is 1.74. The summed E-state index contributed by atoms with van der Waals surface area (Å²) in [5.41, 5.74) is 0.775. The van der Waals surface area contributed by atoms with Gasteiger partial charge in [0, 0.05) is 38.5 Å². The van der Waals surface area contributed by atoms with E-state index in [1.807, 2.05) is 32.0 Å². The molecule has 0 unspecified atom stereocenters. The first-order valence-corrected chi connectivity index (χ1v) is 11.8. The molecule has 194 valence electrons. The Morgan fingerprint density at radius 2 is 2.00 bits per heavy atom. The van der Waals surface area contributed by atoms with Crippen LogP contribution in [0, 0.1) is 5.92 Å². The number of aryl methyl sites for hydroxylation is 1. The molecule has 1 aliphatic rings. The van der Waals surface area contributed by atoms with Gasteiger partial charge in [0.05, 0.1) is 37.1 Å². The predicted molar refractivity (Wildman–Crippen MR) is 123 cm³/mol. The van der Waals surface area contributed by atoms with Gasteiger partial charge in [0.25, 0.3) is 0 Å². The quantitative estimate of drug-likeness (QED) is 0.661. The number of aliphatic hydroxyl groups excluding tert-OH is 1. The average Bonchev–Trinajstić information content (AvgIpc) is 3.26. The smallest absolute Gasteiger partial charge is 0.394 e. The van der Waals surface area contributed by atoms with E-state index < -0.39 is 11.7 Å². The van der Waals surface area contributed by atoms with Crippen LogP contribution in [-0.2, 0) is 35.4 Å². The van der Waals surface area contributed by atoms with Crippen LogP contribution in [0.25, 0.3) is 0 Å². The molecule has 1 aliphatic heterocycles. The molecule has 8 nitrogen and oxygen atoms in total. The van der Waals surface area contributed by atoms with E-state index in [1.54, 1.807) is 9.58 Å². The van der Waals surface area contributed by atoms with Gasteiger partial charge >= 0.3 is 6.18 Å². The molecule has 1 aromatic heterocycles. The van der Waals surface area contributed by atoms with Crippen molar-refractivity contribution in [1.82, 2.24) is 24.8 Å². The Kier molecular flexibility index (Phi) is 9.26. The van der Waals surface area contributed by atoms with Crippen molar-refractivity contribution in [2.45, 2.75) is 64.7 Å². The van der Waals surface area contributed by atoms with Crippen LogP contribution in [0.15, 0.2) is 30.5 Å². The van der Waals surface area contributed by atoms with Gasteiger partial charge in [0.1, 0.15) is 5.69 Å². The third kappa shape index (κ3) is 7.74. The lowest BCUT2D eigenvalue weighted by Gasteiger charge is -2.35. The van der Waals surface area contributed by atoms with Crippen molar-refractivity contribution in [3.63, 3.8) is 0 Å². The Labute approximate surface area is 203 Å². The summed E-state index contributed by atoms with van der Waals surface area (Å²) < 4.78 is 46.5. The highest BCUT2D eigenvalue weighted by Crippen LogP contribution is 2.29. The summed E-state index contributed by atoms with van der Waals surface area (Å²) in [5, 5.41) is 18.0. The first kappa shape index (κ1) is 27.1. The van der Waals surface area contributed by atoms with Crippen LogP contribution in [-0.4, -0.2) is 74.7 Å². The van der Waals surface area contributed by atoms with E-state index in [1.165, 1.54) is 12.1 Å². The zero-order valence-electron chi connectivity index (χ0n) is 20.4. The van der Waals surface area contributed by atoms with Gasteiger partial charge in [0.15, 0.2) is 0 Å². The maximum Gasteiger partial charge on any atom is 0.416 e. The molecule has 2 aromatic rings. The lowest BCUT2D eigenvalue weighted by atomic mass is 10.0. The summed E-state index contributed by atoms with van der Waals surface area (Å²) >= 11 is 0. The molecule has 0 saturated heterocycles. The van der Waals surface area contributed by atoms with Gasteiger partial charge in [0.2, 0.25) is 5.91 Å². The van der Waals surface area contributed by atoms with Gasteiger partial charge in [-0.05, 0) is 38.1 Å². The summed E-state index contributed by atoms with van der Waals surface area (Å²) in [7, 11) is 1.88. The van der Waals surface area contributed by atoms with E-state index in [-0.39, 0.29) is 37.2 Å². The van der Waals surface area contributed by atoms with E-state index in [4.69, 9.17) is 4.74 Å². The third-order valence-corrected chi connectivity index (χ3v) is 6.27. The van der Waals surface area contributed by atoms with Crippen LogP contribution in [0.4, 0.5) is 13.2 Å². The highest BCUT2D eigenvalue weighted by atomic mass is 19.4. The van der Waals surface area contributed by atoms with Gasteiger partial charge in [-0.25, -0.2) is 0 Å². The lowest BCUT2D eigenvalue weighted by molar-refractivity contribution is -0.137. The van der Waals surface area contributed by atoms with Crippen LogP contribution >= 0.6 is 0 Å². The predicted octanol–water partition coefficient (Wildman–Crippen LogP) is 2.95. The van der Waals surface area contributed by atoms with Crippen molar-refractivity contribution in [2.75, 3.05) is 26.7 Å². The van der Waals surface area contributed by atoms with Crippen LogP contribution in [0.3, 0.4) is 0 Å². The van der Waals surface area contributed by atoms with Crippen LogP contribution in [0.2, 0.25) is 0 Å². The highest BCUT2D eigenvalue weighted by Gasteiger charge is 2.30. The molecule has 11 heteroatoms. The molecule has 0 aliphatic carbocycles. The standard InChI is InChI=1S/C24H34F3N5O3/c1-17-11-32(18(2)15-33)23(34)5-4-10-31-13-21(28-29-31)16-35-22(17)14-30(3)12-19-6-8-20(9-7-19)24(25,26)27/h6-9,13,17-18,22,33H,4-5,10-12,14-16H2,1-3H3/t17-,18-,22+/m0/s1. The second-order valence-corrected chi connectivity index (χ2v) is 9.37. The molecule has 1 amide bonds. The largest absolute Gasteiger partial charge is 0.416 e. The van der Waals surface area contributed by atoms with E-state index in [9.17, 15) is 23.1 Å². The maximum atomic E-state index is 12.9. The Bertz CT molecular complexity index is 951. The minimum absolute atomic E-state index is 0.0326. The van der Waals surface area contributed by atoms with Crippen molar-refractivity contribution in [3.05, 3.63) is 47.3 Å². The number of aromatic nitrogens is 3. The van der Waals surface area contributed by atoms with Gasteiger partial charge in [-0.2, -0.15) is 13.2 Å². The molecule has 0 spiro atoms. The average molecular weight is 498 g/mol. The molecule has 2 bridgehead atoms. The number of rotatable bonds is 6. The normalized spacial score (nSPS) is 21.4. The number of hydrogen-bond donors (Lipinski definition) is 1. The number of halogens is 3. The number of benzene rings is 1. The Morgan fingerprint density at radius 3 is 2.66 bits per heavy atom.